The van der Waals surface area contributed by atoms with Crippen LogP contribution in [-0.2, 0) is 4.74 Å². The number of hydrogen-bond donors (Lipinski definition) is 2. The van der Waals surface area contributed by atoms with Gasteiger partial charge in [-0.3, -0.25) is 0 Å². The van der Waals surface area contributed by atoms with Crippen LogP contribution in [0.2, 0.25) is 0 Å². The number of anilines is 1. The van der Waals surface area contributed by atoms with Crippen molar-refractivity contribution in [3.05, 3.63) is 29.3 Å². The van der Waals surface area contributed by atoms with Crippen LogP contribution in [0.3, 0.4) is 0 Å². The molecule has 3 heteroatoms. The minimum absolute atomic E-state index is 0.286. The summed E-state index contributed by atoms with van der Waals surface area (Å²) in [5, 5.41) is 6.79. The van der Waals surface area contributed by atoms with Gasteiger partial charge in [0, 0.05) is 25.3 Å². The van der Waals surface area contributed by atoms with Gasteiger partial charge in [0.15, 0.2) is 0 Å². The van der Waals surface area contributed by atoms with Crippen LogP contribution in [0.15, 0.2) is 18.2 Å². The molecule has 0 saturated carbocycles. The highest BCUT2D eigenvalue weighted by Gasteiger charge is 2.12. The second kappa shape index (κ2) is 5.32. The average Bonchev–Trinajstić information content (AvgIpc) is 2.32. The van der Waals surface area contributed by atoms with Crippen LogP contribution in [0, 0.1) is 13.8 Å². The van der Waals surface area contributed by atoms with Crippen molar-refractivity contribution in [2.75, 3.05) is 31.6 Å². The van der Waals surface area contributed by atoms with Crippen molar-refractivity contribution >= 4 is 5.69 Å². The maximum absolute atomic E-state index is 5.64. The van der Waals surface area contributed by atoms with Gasteiger partial charge in [0.2, 0.25) is 0 Å². The minimum atomic E-state index is 0.286. The first-order chi connectivity index (χ1) is 7.75. The zero-order valence-corrected chi connectivity index (χ0v) is 10.0. The Bertz CT molecular complexity index is 346. The number of ether oxygens (including phenoxy) is 1. The van der Waals surface area contributed by atoms with Gasteiger partial charge in [-0.1, -0.05) is 12.1 Å². The second-order valence-electron chi connectivity index (χ2n) is 4.40. The summed E-state index contributed by atoms with van der Waals surface area (Å²) in [6, 6.07) is 6.47. The van der Waals surface area contributed by atoms with Gasteiger partial charge in [-0.2, -0.15) is 0 Å². The molecule has 1 fully saturated rings. The number of morpholine rings is 1. The zero-order valence-electron chi connectivity index (χ0n) is 10.0. The molecule has 1 unspecified atom stereocenters. The molecule has 1 aromatic rings. The third-order valence-corrected chi connectivity index (χ3v) is 2.92. The summed E-state index contributed by atoms with van der Waals surface area (Å²) in [6.45, 7) is 7.85. The van der Waals surface area contributed by atoms with Crippen LogP contribution >= 0.6 is 0 Å². The molecule has 2 rings (SSSR count). The molecule has 2 N–H and O–H groups in total. The van der Waals surface area contributed by atoms with Gasteiger partial charge in [0.1, 0.15) is 0 Å². The molecule has 16 heavy (non-hydrogen) atoms. The fourth-order valence-corrected chi connectivity index (χ4v) is 1.90. The summed E-state index contributed by atoms with van der Waals surface area (Å²) in [4.78, 5) is 0. The standard InChI is InChI=1S/C13H20N2O/c1-10-3-4-11(2)13(7-10)15-9-12-8-14-5-6-16-12/h3-4,7,12,14-15H,5-6,8-9H2,1-2H3. The summed E-state index contributed by atoms with van der Waals surface area (Å²) >= 11 is 0. The number of aryl methyl sites for hydroxylation is 2. The van der Waals surface area contributed by atoms with E-state index in [0.717, 1.165) is 26.2 Å². The van der Waals surface area contributed by atoms with Crippen LogP contribution < -0.4 is 10.6 Å². The van der Waals surface area contributed by atoms with Gasteiger partial charge in [-0.05, 0) is 31.0 Å². The molecule has 0 aromatic heterocycles. The van der Waals surface area contributed by atoms with Crippen molar-refractivity contribution in [1.29, 1.82) is 0 Å². The Hall–Kier alpha value is -1.06. The van der Waals surface area contributed by atoms with Crippen molar-refractivity contribution in [3.63, 3.8) is 0 Å². The molecular formula is C13H20N2O. The van der Waals surface area contributed by atoms with Crippen molar-refractivity contribution in [2.24, 2.45) is 0 Å². The summed E-state index contributed by atoms with van der Waals surface area (Å²) < 4.78 is 5.64. The van der Waals surface area contributed by atoms with Crippen molar-refractivity contribution < 1.29 is 4.74 Å². The van der Waals surface area contributed by atoms with Gasteiger partial charge >= 0.3 is 0 Å². The van der Waals surface area contributed by atoms with E-state index in [0.29, 0.717) is 0 Å². The Morgan fingerprint density at radius 1 is 1.44 bits per heavy atom. The minimum Gasteiger partial charge on any atom is -0.382 e. The number of nitrogens with one attached hydrogen (secondary N) is 2. The molecule has 0 amide bonds. The fourth-order valence-electron chi connectivity index (χ4n) is 1.90. The zero-order chi connectivity index (χ0) is 11.4. The number of benzene rings is 1. The molecule has 1 atom stereocenters. The molecule has 1 aliphatic heterocycles. The highest BCUT2D eigenvalue weighted by Crippen LogP contribution is 2.16. The molecule has 1 aromatic carbocycles. The van der Waals surface area contributed by atoms with E-state index in [1.54, 1.807) is 0 Å². The lowest BCUT2D eigenvalue weighted by atomic mass is 10.1. The molecule has 1 heterocycles. The number of rotatable bonds is 3. The lowest BCUT2D eigenvalue weighted by Gasteiger charge is -2.24. The van der Waals surface area contributed by atoms with Crippen molar-refractivity contribution in [1.82, 2.24) is 5.32 Å². The Kier molecular flexibility index (Phi) is 3.80. The third-order valence-electron chi connectivity index (χ3n) is 2.92. The Balaban J connectivity index is 1.90. The van der Waals surface area contributed by atoms with Gasteiger partial charge in [-0.15, -0.1) is 0 Å². The van der Waals surface area contributed by atoms with Crippen LogP contribution in [0.1, 0.15) is 11.1 Å². The van der Waals surface area contributed by atoms with E-state index >= 15 is 0 Å². The van der Waals surface area contributed by atoms with Crippen molar-refractivity contribution in [3.8, 4) is 0 Å². The Labute approximate surface area is 97.2 Å². The fraction of sp³-hybridized carbons (Fsp3) is 0.538. The lowest BCUT2D eigenvalue weighted by molar-refractivity contribution is 0.0372. The quantitative estimate of drug-likeness (QED) is 0.813. The van der Waals surface area contributed by atoms with E-state index in [2.05, 4.69) is 42.7 Å². The van der Waals surface area contributed by atoms with Gasteiger partial charge < -0.3 is 15.4 Å². The van der Waals surface area contributed by atoms with Gasteiger partial charge in [-0.25, -0.2) is 0 Å². The van der Waals surface area contributed by atoms with E-state index in [1.165, 1.54) is 16.8 Å². The first-order valence-corrected chi connectivity index (χ1v) is 5.89. The molecule has 1 aliphatic rings. The maximum Gasteiger partial charge on any atom is 0.0872 e. The van der Waals surface area contributed by atoms with E-state index in [9.17, 15) is 0 Å². The topological polar surface area (TPSA) is 33.3 Å². The summed E-state index contributed by atoms with van der Waals surface area (Å²) in [5.41, 5.74) is 3.79. The van der Waals surface area contributed by atoms with Gasteiger partial charge in [0.05, 0.1) is 12.7 Å². The molecule has 0 aliphatic carbocycles. The second-order valence-corrected chi connectivity index (χ2v) is 4.40. The molecule has 0 radical (unpaired) electrons. The predicted octanol–water partition coefficient (Wildman–Crippen LogP) is 1.70. The van der Waals surface area contributed by atoms with Crippen molar-refractivity contribution in [2.45, 2.75) is 20.0 Å². The summed E-state index contributed by atoms with van der Waals surface area (Å²) in [6.07, 6.45) is 0.286. The average molecular weight is 220 g/mol. The molecular weight excluding hydrogens is 200 g/mol. The van der Waals surface area contributed by atoms with E-state index in [-0.39, 0.29) is 6.10 Å². The molecule has 3 nitrogen and oxygen atoms in total. The molecule has 1 saturated heterocycles. The van der Waals surface area contributed by atoms with Crippen LogP contribution in [-0.4, -0.2) is 32.3 Å². The highest BCUT2D eigenvalue weighted by molar-refractivity contribution is 5.52. The summed E-state index contributed by atoms with van der Waals surface area (Å²) in [5.74, 6) is 0. The van der Waals surface area contributed by atoms with E-state index < -0.39 is 0 Å². The predicted molar refractivity (Wildman–Crippen MR) is 67.0 cm³/mol. The summed E-state index contributed by atoms with van der Waals surface area (Å²) in [7, 11) is 0. The highest BCUT2D eigenvalue weighted by atomic mass is 16.5. The molecule has 0 bridgehead atoms. The Morgan fingerprint density at radius 2 is 2.31 bits per heavy atom. The smallest absolute Gasteiger partial charge is 0.0872 e. The van der Waals surface area contributed by atoms with E-state index in [4.69, 9.17) is 4.74 Å². The molecule has 88 valence electrons. The van der Waals surface area contributed by atoms with Crippen LogP contribution in [0.4, 0.5) is 5.69 Å². The first-order valence-electron chi connectivity index (χ1n) is 5.89. The largest absolute Gasteiger partial charge is 0.382 e. The Morgan fingerprint density at radius 3 is 3.06 bits per heavy atom. The normalized spacial score (nSPS) is 20.8. The maximum atomic E-state index is 5.64. The van der Waals surface area contributed by atoms with E-state index in [1.807, 2.05) is 0 Å². The SMILES string of the molecule is Cc1ccc(C)c(NCC2CNCCO2)c1. The van der Waals surface area contributed by atoms with Gasteiger partial charge in [0.25, 0.3) is 0 Å². The molecule has 0 spiro atoms. The monoisotopic (exact) mass is 220 g/mol. The number of hydrogen-bond acceptors (Lipinski definition) is 3. The lowest BCUT2D eigenvalue weighted by Crippen LogP contribution is -2.42. The first kappa shape index (κ1) is 11.4. The third kappa shape index (κ3) is 2.97. The van der Waals surface area contributed by atoms with Crippen LogP contribution in [0.5, 0.6) is 0 Å². The van der Waals surface area contributed by atoms with Crippen LogP contribution in [0.25, 0.3) is 0 Å².